The van der Waals surface area contributed by atoms with Gasteiger partial charge in [0, 0.05) is 18.3 Å². The van der Waals surface area contributed by atoms with Crippen LogP contribution in [0.2, 0.25) is 0 Å². The molecular weight excluding hydrogens is 226 g/mol. The first-order valence-corrected chi connectivity index (χ1v) is 6.26. The molecule has 4 nitrogen and oxygen atoms in total. The van der Waals surface area contributed by atoms with Crippen LogP contribution in [0.15, 0.2) is 30.3 Å². The van der Waals surface area contributed by atoms with Crippen molar-refractivity contribution in [2.75, 3.05) is 6.61 Å². The van der Waals surface area contributed by atoms with Crippen LogP contribution in [0, 0.1) is 6.92 Å². The van der Waals surface area contributed by atoms with E-state index in [4.69, 9.17) is 4.74 Å². The number of aromatic amines is 1. The number of nitrogens with one attached hydrogen (secondary N) is 2. The lowest BCUT2D eigenvalue weighted by atomic mass is 10.0. The molecule has 1 aliphatic heterocycles. The average Bonchev–Trinajstić information content (AvgIpc) is 2.82. The van der Waals surface area contributed by atoms with Crippen LogP contribution in [0.5, 0.6) is 5.75 Å². The Bertz CT molecular complexity index is 535. The molecule has 0 fully saturated rings. The molecule has 2 aromatic rings. The van der Waals surface area contributed by atoms with Crippen molar-refractivity contribution in [3.8, 4) is 5.75 Å². The highest BCUT2D eigenvalue weighted by Crippen LogP contribution is 2.23. The summed E-state index contributed by atoms with van der Waals surface area (Å²) in [4.78, 5) is 0. The van der Waals surface area contributed by atoms with Crippen LogP contribution in [0.1, 0.15) is 17.0 Å². The summed E-state index contributed by atoms with van der Waals surface area (Å²) in [6.45, 7) is 3.51. The van der Waals surface area contributed by atoms with E-state index >= 15 is 0 Å². The van der Waals surface area contributed by atoms with E-state index in [0.717, 1.165) is 36.7 Å². The molecule has 0 unspecified atom stereocenters. The van der Waals surface area contributed by atoms with Crippen molar-refractivity contribution in [3.05, 3.63) is 47.3 Å². The standard InChI is InChI=1S/C14H17N3O/c1-10-6-12(17-16-10)8-15-13-7-11-4-2-3-5-14(11)18-9-13/h2-6,13,15H,7-9H2,1H3,(H,16,17)/t13-/m0/s1. The third-order valence-corrected chi connectivity index (χ3v) is 3.21. The van der Waals surface area contributed by atoms with Crippen LogP contribution in [0.4, 0.5) is 0 Å². The second-order valence-corrected chi connectivity index (χ2v) is 4.74. The Morgan fingerprint density at radius 2 is 2.33 bits per heavy atom. The number of aromatic nitrogens is 2. The summed E-state index contributed by atoms with van der Waals surface area (Å²) >= 11 is 0. The van der Waals surface area contributed by atoms with E-state index in [-0.39, 0.29) is 0 Å². The maximum atomic E-state index is 5.74. The summed E-state index contributed by atoms with van der Waals surface area (Å²) in [5, 5.41) is 10.7. The van der Waals surface area contributed by atoms with Gasteiger partial charge in [-0.3, -0.25) is 5.10 Å². The zero-order valence-corrected chi connectivity index (χ0v) is 10.4. The zero-order chi connectivity index (χ0) is 12.4. The van der Waals surface area contributed by atoms with Gasteiger partial charge in [0.1, 0.15) is 12.4 Å². The molecular formula is C14H17N3O. The number of H-pyrrole nitrogens is 1. The molecule has 94 valence electrons. The number of benzene rings is 1. The molecule has 0 amide bonds. The van der Waals surface area contributed by atoms with E-state index in [0.29, 0.717) is 6.04 Å². The number of nitrogens with zero attached hydrogens (tertiary/aromatic N) is 1. The van der Waals surface area contributed by atoms with Crippen LogP contribution < -0.4 is 10.1 Å². The largest absolute Gasteiger partial charge is 0.492 e. The van der Waals surface area contributed by atoms with Crippen molar-refractivity contribution in [3.63, 3.8) is 0 Å². The van der Waals surface area contributed by atoms with Crippen LogP contribution in [0.3, 0.4) is 0 Å². The monoisotopic (exact) mass is 243 g/mol. The third-order valence-electron chi connectivity index (χ3n) is 3.21. The van der Waals surface area contributed by atoms with Gasteiger partial charge in [-0.05, 0) is 31.0 Å². The Balaban J connectivity index is 1.59. The van der Waals surface area contributed by atoms with Gasteiger partial charge in [-0.1, -0.05) is 18.2 Å². The summed E-state index contributed by atoms with van der Waals surface area (Å²) in [6.07, 6.45) is 1.01. The van der Waals surface area contributed by atoms with Crippen LogP contribution in [-0.2, 0) is 13.0 Å². The summed E-state index contributed by atoms with van der Waals surface area (Å²) in [5.41, 5.74) is 3.42. The molecule has 0 saturated heterocycles. The minimum atomic E-state index is 0.358. The molecule has 2 N–H and O–H groups in total. The topological polar surface area (TPSA) is 49.9 Å². The fourth-order valence-electron chi connectivity index (χ4n) is 2.27. The highest BCUT2D eigenvalue weighted by Gasteiger charge is 2.18. The Morgan fingerprint density at radius 3 is 3.17 bits per heavy atom. The van der Waals surface area contributed by atoms with Crippen LogP contribution in [-0.4, -0.2) is 22.8 Å². The molecule has 1 aromatic carbocycles. The van der Waals surface area contributed by atoms with E-state index < -0.39 is 0 Å². The van der Waals surface area contributed by atoms with Crippen molar-refractivity contribution in [2.45, 2.75) is 25.9 Å². The molecule has 3 rings (SSSR count). The second-order valence-electron chi connectivity index (χ2n) is 4.74. The Kier molecular flexibility index (Phi) is 3.02. The molecule has 2 heterocycles. The van der Waals surface area contributed by atoms with Gasteiger partial charge in [-0.25, -0.2) is 0 Å². The van der Waals surface area contributed by atoms with Gasteiger partial charge in [0.15, 0.2) is 0 Å². The van der Waals surface area contributed by atoms with Gasteiger partial charge in [0.05, 0.1) is 5.69 Å². The first-order valence-electron chi connectivity index (χ1n) is 6.26. The summed E-state index contributed by atoms with van der Waals surface area (Å²) in [5.74, 6) is 1.02. The number of ether oxygens (including phenoxy) is 1. The SMILES string of the molecule is Cc1cc(CN[C@@H]2COc3ccccc3C2)n[nH]1. The van der Waals surface area contributed by atoms with Crippen molar-refractivity contribution < 1.29 is 4.74 Å². The van der Waals surface area contributed by atoms with E-state index in [2.05, 4.69) is 33.7 Å². The zero-order valence-electron chi connectivity index (χ0n) is 10.4. The van der Waals surface area contributed by atoms with E-state index in [1.54, 1.807) is 0 Å². The van der Waals surface area contributed by atoms with Gasteiger partial charge in [-0.15, -0.1) is 0 Å². The number of hydrogen-bond donors (Lipinski definition) is 2. The average molecular weight is 243 g/mol. The normalized spacial score (nSPS) is 18.2. The molecule has 1 atom stereocenters. The van der Waals surface area contributed by atoms with E-state index in [1.807, 2.05) is 19.1 Å². The third kappa shape index (κ3) is 2.38. The highest BCUT2D eigenvalue weighted by molar-refractivity contribution is 5.35. The minimum absolute atomic E-state index is 0.358. The first kappa shape index (κ1) is 11.3. The van der Waals surface area contributed by atoms with Gasteiger partial charge in [0.25, 0.3) is 0 Å². The van der Waals surface area contributed by atoms with Gasteiger partial charge in [0.2, 0.25) is 0 Å². The quantitative estimate of drug-likeness (QED) is 0.864. The molecule has 0 spiro atoms. The van der Waals surface area contributed by atoms with Crippen LogP contribution in [0.25, 0.3) is 0 Å². The number of para-hydroxylation sites is 1. The predicted octanol–water partition coefficient (Wildman–Crippen LogP) is 1.81. The molecule has 0 radical (unpaired) electrons. The van der Waals surface area contributed by atoms with E-state index in [9.17, 15) is 0 Å². The molecule has 1 aliphatic rings. The number of fused-ring (bicyclic) bond motifs is 1. The van der Waals surface area contributed by atoms with Gasteiger partial charge < -0.3 is 10.1 Å². The fourth-order valence-corrected chi connectivity index (χ4v) is 2.27. The lowest BCUT2D eigenvalue weighted by Gasteiger charge is -2.25. The summed E-state index contributed by atoms with van der Waals surface area (Å²) in [7, 11) is 0. The molecule has 0 saturated carbocycles. The summed E-state index contributed by atoms with van der Waals surface area (Å²) in [6, 6.07) is 10.6. The maximum Gasteiger partial charge on any atom is 0.122 e. The molecule has 4 heteroatoms. The second kappa shape index (κ2) is 4.82. The number of aryl methyl sites for hydroxylation is 1. The molecule has 18 heavy (non-hydrogen) atoms. The lowest BCUT2D eigenvalue weighted by Crippen LogP contribution is -2.38. The number of rotatable bonds is 3. The van der Waals surface area contributed by atoms with Crippen molar-refractivity contribution in [2.24, 2.45) is 0 Å². The Hall–Kier alpha value is -1.81. The van der Waals surface area contributed by atoms with Crippen molar-refractivity contribution >= 4 is 0 Å². The fraction of sp³-hybridized carbons (Fsp3) is 0.357. The lowest BCUT2D eigenvalue weighted by molar-refractivity contribution is 0.237. The smallest absolute Gasteiger partial charge is 0.122 e. The highest BCUT2D eigenvalue weighted by atomic mass is 16.5. The van der Waals surface area contributed by atoms with Gasteiger partial charge >= 0.3 is 0 Å². The molecule has 0 aliphatic carbocycles. The summed E-state index contributed by atoms with van der Waals surface area (Å²) < 4.78 is 5.74. The predicted molar refractivity (Wildman–Crippen MR) is 69.6 cm³/mol. The number of hydrogen-bond acceptors (Lipinski definition) is 3. The van der Waals surface area contributed by atoms with Crippen molar-refractivity contribution in [1.29, 1.82) is 0 Å². The molecule has 0 bridgehead atoms. The molecule has 1 aromatic heterocycles. The minimum Gasteiger partial charge on any atom is -0.492 e. The van der Waals surface area contributed by atoms with Gasteiger partial charge in [-0.2, -0.15) is 5.10 Å². The Labute approximate surface area is 106 Å². The van der Waals surface area contributed by atoms with Crippen molar-refractivity contribution in [1.82, 2.24) is 15.5 Å². The maximum absolute atomic E-state index is 5.74. The first-order chi connectivity index (χ1) is 8.81. The van der Waals surface area contributed by atoms with E-state index in [1.165, 1.54) is 5.56 Å². The Morgan fingerprint density at radius 1 is 1.44 bits per heavy atom. The van der Waals surface area contributed by atoms with Crippen LogP contribution >= 0.6 is 0 Å².